The predicted molar refractivity (Wildman–Crippen MR) is 78.3 cm³/mol. The number of methoxy groups -OCH3 is 1. The monoisotopic (exact) mass is 295 g/mol. The molecule has 1 rings (SSSR count). The molecule has 6 nitrogen and oxygen atoms in total. The molecule has 0 spiro atoms. The normalized spacial score (nSPS) is 10.1. The Hall–Kier alpha value is -2.11. The van der Waals surface area contributed by atoms with E-state index in [4.69, 9.17) is 4.74 Å². The zero-order valence-corrected chi connectivity index (χ0v) is 12.2. The molecule has 0 aliphatic rings. The van der Waals surface area contributed by atoms with E-state index in [1.807, 2.05) is 0 Å². The molecule has 0 atom stereocenters. The molecule has 0 amide bonds. The van der Waals surface area contributed by atoms with E-state index in [-0.39, 0.29) is 11.7 Å². The fraction of sp³-hybridized carbons (Fsp3) is 0.533. The van der Waals surface area contributed by atoms with Gasteiger partial charge >= 0.3 is 5.97 Å². The Kier molecular flexibility index (Phi) is 7.86. The molecule has 0 saturated carbocycles. The molecule has 0 bridgehead atoms. The van der Waals surface area contributed by atoms with Gasteiger partial charge in [0.25, 0.3) is 5.69 Å². The summed E-state index contributed by atoms with van der Waals surface area (Å²) < 4.78 is 10.0. The number of nitro benzene ring substituents is 1. The summed E-state index contributed by atoms with van der Waals surface area (Å²) in [5.74, 6) is 0.360. The van der Waals surface area contributed by atoms with Gasteiger partial charge in [0.2, 0.25) is 0 Å². The lowest BCUT2D eigenvalue weighted by Gasteiger charge is -2.06. The summed E-state index contributed by atoms with van der Waals surface area (Å²) >= 11 is 0. The number of hydrogen-bond donors (Lipinski definition) is 0. The van der Waals surface area contributed by atoms with E-state index < -0.39 is 4.92 Å². The van der Waals surface area contributed by atoms with Crippen molar-refractivity contribution in [1.82, 2.24) is 0 Å². The molecule has 21 heavy (non-hydrogen) atoms. The van der Waals surface area contributed by atoms with Gasteiger partial charge in [-0.05, 0) is 18.9 Å². The second-order valence-corrected chi connectivity index (χ2v) is 4.70. The molecule has 0 aromatic heterocycles. The Balaban J connectivity index is 2.08. The maximum Gasteiger partial charge on any atom is 0.305 e. The first-order valence-electron chi connectivity index (χ1n) is 7.07. The van der Waals surface area contributed by atoms with Crippen LogP contribution >= 0.6 is 0 Å². The van der Waals surface area contributed by atoms with Gasteiger partial charge in [0, 0.05) is 12.5 Å². The molecule has 0 N–H and O–H groups in total. The van der Waals surface area contributed by atoms with E-state index >= 15 is 0 Å². The zero-order chi connectivity index (χ0) is 15.5. The van der Waals surface area contributed by atoms with Crippen LogP contribution in [0.15, 0.2) is 24.3 Å². The number of hydrogen-bond acceptors (Lipinski definition) is 5. The third-order valence-electron chi connectivity index (χ3n) is 3.05. The lowest BCUT2D eigenvalue weighted by Crippen LogP contribution is -2.00. The Morgan fingerprint density at radius 1 is 1.19 bits per heavy atom. The number of nitrogens with zero attached hydrogens (tertiary/aromatic N) is 1. The van der Waals surface area contributed by atoms with Crippen molar-refractivity contribution in [1.29, 1.82) is 0 Å². The Bertz CT molecular complexity index is 461. The third kappa shape index (κ3) is 7.29. The number of carbonyl (C=O) groups is 1. The molecular weight excluding hydrogens is 274 g/mol. The van der Waals surface area contributed by atoms with Crippen LogP contribution in [0.2, 0.25) is 0 Å². The van der Waals surface area contributed by atoms with Gasteiger partial charge in [-0.25, -0.2) is 0 Å². The molecule has 0 aliphatic heterocycles. The topological polar surface area (TPSA) is 78.7 Å². The second-order valence-electron chi connectivity index (χ2n) is 4.70. The first kappa shape index (κ1) is 16.9. The Labute approximate surface area is 124 Å². The number of unbranched alkanes of at least 4 members (excludes halogenated alkanes) is 4. The maximum absolute atomic E-state index is 10.9. The first-order valence-corrected chi connectivity index (χ1v) is 7.07. The van der Waals surface area contributed by atoms with Crippen LogP contribution in [0.3, 0.4) is 0 Å². The standard InChI is InChI=1S/C15H21NO5/c1-20-15(17)10-5-3-2-4-6-11-21-14-9-7-8-13(12-14)16(18)19/h7-9,12H,2-6,10-11H2,1H3. The summed E-state index contributed by atoms with van der Waals surface area (Å²) in [6.45, 7) is 0.540. The number of esters is 1. The van der Waals surface area contributed by atoms with Crippen molar-refractivity contribution < 1.29 is 19.2 Å². The average molecular weight is 295 g/mol. The van der Waals surface area contributed by atoms with Crippen LogP contribution < -0.4 is 4.74 Å². The molecule has 0 radical (unpaired) electrons. The third-order valence-corrected chi connectivity index (χ3v) is 3.05. The summed E-state index contributed by atoms with van der Waals surface area (Å²) in [4.78, 5) is 21.1. The fourth-order valence-corrected chi connectivity index (χ4v) is 1.88. The van der Waals surface area contributed by atoms with Crippen LogP contribution in [0.4, 0.5) is 5.69 Å². The molecule has 6 heteroatoms. The van der Waals surface area contributed by atoms with Gasteiger partial charge in [0.15, 0.2) is 0 Å². The number of nitro groups is 1. The van der Waals surface area contributed by atoms with E-state index in [1.54, 1.807) is 12.1 Å². The van der Waals surface area contributed by atoms with E-state index in [9.17, 15) is 14.9 Å². The van der Waals surface area contributed by atoms with Gasteiger partial charge in [0.05, 0.1) is 24.7 Å². The summed E-state index contributed by atoms with van der Waals surface area (Å²) in [6, 6.07) is 6.19. The van der Waals surface area contributed by atoms with Crippen molar-refractivity contribution >= 4 is 11.7 Å². The molecule has 0 aliphatic carbocycles. The highest BCUT2D eigenvalue weighted by atomic mass is 16.6. The summed E-state index contributed by atoms with van der Waals surface area (Å²) in [7, 11) is 1.40. The van der Waals surface area contributed by atoms with Crippen molar-refractivity contribution in [3.05, 3.63) is 34.4 Å². The smallest absolute Gasteiger partial charge is 0.305 e. The van der Waals surface area contributed by atoms with Gasteiger partial charge < -0.3 is 9.47 Å². The van der Waals surface area contributed by atoms with E-state index in [2.05, 4.69) is 4.74 Å². The van der Waals surface area contributed by atoms with E-state index in [1.165, 1.54) is 19.2 Å². The maximum atomic E-state index is 10.9. The lowest BCUT2D eigenvalue weighted by molar-refractivity contribution is -0.384. The number of rotatable bonds is 10. The average Bonchev–Trinajstić information content (AvgIpc) is 2.49. The summed E-state index contributed by atoms with van der Waals surface area (Å²) in [5, 5.41) is 10.6. The van der Waals surface area contributed by atoms with Crippen LogP contribution in [-0.2, 0) is 9.53 Å². The molecule has 0 unspecified atom stereocenters. The summed E-state index contributed by atoms with van der Waals surface area (Å²) in [5.41, 5.74) is 0.0373. The zero-order valence-electron chi connectivity index (χ0n) is 12.2. The molecule has 1 aromatic carbocycles. The largest absolute Gasteiger partial charge is 0.493 e. The SMILES string of the molecule is COC(=O)CCCCCCCOc1cccc([N+](=O)[O-])c1. The molecule has 0 heterocycles. The van der Waals surface area contributed by atoms with Crippen molar-refractivity contribution in [2.75, 3.05) is 13.7 Å². The van der Waals surface area contributed by atoms with Crippen LogP contribution in [-0.4, -0.2) is 24.6 Å². The van der Waals surface area contributed by atoms with Crippen LogP contribution in [0.1, 0.15) is 38.5 Å². The first-order chi connectivity index (χ1) is 10.1. The highest BCUT2D eigenvalue weighted by molar-refractivity contribution is 5.68. The fourth-order valence-electron chi connectivity index (χ4n) is 1.88. The molecule has 116 valence electrons. The van der Waals surface area contributed by atoms with Gasteiger partial charge in [-0.15, -0.1) is 0 Å². The minimum Gasteiger partial charge on any atom is -0.493 e. The minimum atomic E-state index is -0.436. The number of ether oxygens (including phenoxy) is 2. The number of non-ortho nitro benzene ring substituents is 1. The second kappa shape index (κ2) is 9.74. The minimum absolute atomic E-state index is 0.0373. The van der Waals surface area contributed by atoms with Crippen molar-refractivity contribution in [2.24, 2.45) is 0 Å². The van der Waals surface area contributed by atoms with Gasteiger partial charge in [0.1, 0.15) is 5.75 Å². The van der Waals surface area contributed by atoms with Crippen LogP contribution in [0.25, 0.3) is 0 Å². The van der Waals surface area contributed by atoms with Crippen molar-refractivity contribution in [3.8, 4) is 5.75 Å². The predicted octanol–water partition coefficient (Wildman–Crippen LogP) is 3.49. The highest BCUT2D eigenvalue weighted by Crippen LogP contribution is 2.19. The molecule has 1 aromatic rings. The lowest BCUT2D eigenvalue weighted by atomic mass is 10.1. The van der Waals surface area contributed by atoms with Gasteiger partial charge in [-0.1, -0.05) is 25.3 Å². The van der Waals surface area contributed by atoms with E-state index in [0.717, 1.165) is 32.1 Å². The quantitative estimate of drug-likeness (QED) is 0.286. The van der Waals surface area contributed by atoms with Gasteiger partial charge in [-0.3, -0.25) is 14.9 Å². The molecular formula is C15H21NO5. The summed E-state index contributed by atoms with van der Waals surface area (Å²) in [6.07, 6.45) is 5.25. The van der Waals surface area contributed by atoms with Crippen LogP contribution in [0.5, 0.6) is 5.75 Å². The molecule has 0 saturated heterocycles. The van der Waals surface area contributed by atoms with Crippen molar-refractivity contribution in [3.63, 3.8) is 0 Å². The van der Waals surface area contributed by atoms with Crippen molar-refractivity contribution in [2.45, 2.75) is 38.5 Å². The van der Waals surface area contributed by atoms with Crippen LogP contribution in [0, 0.1) is 10.1 Å². The number of benzene rings is 1. The van der Waals surface area contributed by atoms with Gasteiger partial charge in [-0.2, -0.15) is 0 Å². The number of carbonyl (C=O) groups excluding carboxylic acids is 1. The van der Waals surface area contributed by atoms with E-state index in [0.29, 0.717) is 18.8 Å². The molecule has 0 fully saturated rings. The highest BCUT2D eigenvalue weighted by Gasteiger charge is 2.05. The Morgan fingerprint density at radius 2 is 1.90 bits per heavy atom. The Morgan fingerprint density at radius 3 is 2.62 bits per heavy atom.